The van der Waals surface area contributed by atoms with Crippen LogP contribution in [0.3, 0.4) is 0 Å². The van der Waals surface area contributed by atoms with E-state index in [1.807, 2.05) is 37.2 Å². The zero-order valence-corrected chi connectivity index (χ0v) is 20.1. The average molecular weight is 482 g/mol. The Hall–Kier alpha value is -3.50. The number of anilines is 1. The second-order valence-electron chi connectivity index (χ2n) is 8.35. The number of ether oxygens (including phenoxy) is 1. The maximum atomic E-state index is 12.9. The molecule has 1 aliphatic rings. The third kappa shape index (κ3) is 5.18. The van der Waals surface area contributed by atoms with E-state index in [9.17, 15) is 13.2 Å². The Labute approximate surface area is 199 Å². The summed E-state index contributed by atoms with van der Waals surface area (Å²) in [6.45, 7) is 0.579. The van der Waals surface area contributed by atoms with Crippen LogP contribution in [-0.2, 0) is 29.4 Å². The summed E-state index contributed by atoms with van der Waals surface area (Å²) >= 11 is 0. The van der Waals surface area contributed by atoms with Crippen molar-refractivity contribution in [3.63, 3.8) is 0 Å². The van der Waals surface area contributed by atoms with Gasteiger partial charge in [0.2, 0.25) is 5.88 Å². The lowest BCUT2D eigenvalue weighted by atomic mass is 9.98. The third-order valence-corrected chi connectivity index (χ3v) is 6.91. The quantitative estimate of drug-likeness (QED) is 0.533. The molecule has 0 bridgehead atoms. The summed E-state index contributed by atoms with van der Waals surface area (Å²) in [6, 6.07) is 9.81. The molecule has 0 radical (unpaired) electrons. The summed E-state index contributed by atoms with van der Waals surface area (Å²) < 4.78 is 32.9. The van der Waals surface area contributed by atoms with Crippen molar-refractivity contribution >= 4 is 21.7 Å². The van der Waals surface area contributed by atoms with Gasteiger partial charge < -0.3 is 15.0 Å². The summed E-state index contributed by atoms with van der Waals surface area (Å²) in [5.41, 5.74) is 5.05. The number of pyridine rings is 2. The van der Waals surface area contributed by atoms with Gasteiger partial charge in [0.05, 0.1) is 18.5 Å². The number of nitrogens with zero attached hydrogens (tertiary/aromatic N) is 3. The number of hydrogen-bond donors (Lipinski definition) is 2. The van der Waals surface area contributed by atoms with Crippen LogP contribution in [0, 0.1) is 0 Å². The van der Waals surface area contributed by atoms with E-state index in [4.69, 9.17) is 4.74 Å². The van der Waals surface area contributed by atoms with Gasteiger partial charge in [-0.15, -0.1) is 0 Å². The number of amides is 2. The van der Waals surface area contributed by atoms with Gasteiger partial charge in [-0.3, -0.25) is 4.98 Å². The number of aryl methyl sites for hydroxylation is 1. The third-order valence-electron chi connectivity index (χ3n) is 5.59. The summed E-state index contributed by atoms with van der Waals surface area (Å²) in [5, 5.41) is 2.79. The molecule has 0 aliphatic heterocycles. The van der Waals surface area contributed by atoms with E-state index >= 15 is 0 Å². The highest BCUT2D eigenvalue weighted by molar-refractivity contribution is 7.90. The van der Waals surface area contributed by atoms with Crippen LogP contribution < -0.4 is 14.8 Å². The molecule has 0 fully saturated rings. The van der Waals surface area contributed by atoms with Crippen molar-refractivity contribution < 1.29 is 17.9 Å². The molecule has 1 aliphatic carbocycles. The first-order chi connectivity index (χ1) is 16.3. The van der Waals surface area contributed by atoms with E-state index in [1.54, 1.807) is 18.3 Å². The number of fused-ring (bicyclic) bond motifs is 1. The Bertz CT molecular complexity index is 1310. The number of sulfonamides is 1. The molecule has 2 heterocycles. The molecule has 0 saturated carbocycles. The second kappa shape index (κ2) is 9.78. The van der Waals surface area contributed by atoms with Gasteiger partial charge in [0, 0.05) is 30.6 Å². The Kier molecular flexibility index (Phi) is 6.80. The molecule has 2 amide bonds. The Balaban J connectivity index is 1.60. The molecule has 4 rings (SSSR count). The van der Waals surface area contributed by atoms with Crippen molar-refractivity contribution in [2.45, 2.75) is 30.7 Å². The van der Waals surface area contributed by atoms with E-state index in [2.05, 4.69) is 20.0 Å². The molecule has 0 unspecified atom stereocenters. The zero-order valence-electron chi connectivity index (χ0n) is 19.3. The lowest BCUT2D eigenvalue weighted by Crippen LogP contribution is -2.34. The van der Waals surface area contributed by atoms with Crippen LogP contribution >= 0.6 is 0 Å². The van der Waals surface area contributed by atoms with Gasteiger partial charge in [-0.25, -0.2) is 22.9 Å². The first-order valence-corrected chi connectivity index (χ1v) is 12.3. The SMILES string of the molecule is COc1cc(-c2ccc3c(c2NC(=O)NS(=O)(=O)c2ccc(CN(C)C)nc2)CCC3)ccn1. The minimum atomic E-state index is -4.10. The van der Waals surface area contributed by atoms with Crippen molar-refractivity contribution in [2.75, 3.05) is 26.5 Å². The summed E-state index contributed by atoms with van der Waals surface area (Å²) in [5.74, 6) is 0.446. The highest BCUT2D eigenvalue weighted by Gasteiger charge is 2.23. The average Bonchev–Trinajstić information content (AvgIpc) is 3.28. The van der Waals surface area contributed by atoms with Gasteiger partial charge in [-0.05, 0) is 68.2 Å². The van der Waals surface area contributed by atoms with Gasteiger partial charge >= 0.3 is 6.03 Å². The van der Waals surface area contributed by atoms with E-state index in [0.717, 1.165) is 47.2 Å². The predicted octanol–water partition coefficient (Wildman–Crippen LogP) is 3.21. The maximum absolute atomic E-state index is 12.9. The number of benzene rings is 1. The van der Waals surface area contributed by atoms with Crippen LogP contribution in [-0.4, -0.2) is 50.5 Å². The number of nitrogens with one attached hydrogen (secondary N) is 2. The second-order valence-corrected chi connectivity index (χ2v) is 10.0. The number of hydrogen-bond acceptors (Lipinski definition) is 7. The van der Waals surface area contributed by atoms with Crippen molar-refractivity contribution in [3.8, 4) is 17.0 Å². The summed E-state index contributed by atoms with van der Waals surface area (Å²) in [4.78, 5) is 23.0. The number of methoxy groups -OCH3 is 1. The number of carbonyl (C=O) groups excluding carboxylic acids is 1. The number of urea groups is 1. The molecule has 2 N–H and O–H groups in total. The standard InChI is InChI=1S/C24H27N5O4S/c1-29(2)15-18-8-9-19(14-26-18)34(31,32)28-24(30)27-23-20-6-4-5-16(20)7-10-21(23)17-11-12-25-22(13-17)33-3/h7-14H,4-6,15H2,1-3H3,(H2,27,28,30). The van der Waals surface area contributed by atoms with E-state index in [-0.39, 0.29) is 4.90 Å². The largest absolute Gasteiger partial charge is 0.481 e. The maximum Gasteiger partial charge on any atom is 0.333 e. The zero-order chi connectivity index (χ0) is 24.3. The predicted molar refractivity (Wildman–Crippen MR) is 129 cm³/mol. The Morgan fingerprint density at radius 2 is 1.94 bits per heavy atom. The van der Waals surface area contributed by atoms with Crippen molar-refractivity contribution in [2.24, 2.45) is 0 Å². The fraction of sp³-hybridized carbons (Fsp3) is 0.292. The Morgan fingerprint density at radius 3 is 2.65 bits per heavy atom. The lowest BCUT2D eigenvalue weighted by molar-refractivity contribution is 0.256. The van der Waals surface area contributed by atoms with Crippen LogP contribution in [0.2, 0.25) is 0 Å². The fourth-order valence-corrected chi connectivity index (χ4v) is 4.90. The van der Waals surface area contributed by atoms with Crippen LogP contribution in [0.5, 0.6) is 5.88 Å². The molecule has 34 heavy (non-hydrogen) atoms. The van der Waals surface area contributed by atoms with E-state index in [1.165, 1.54) is 19.4 Å². The summed E-state index contributed by atoms with van der Waals surface area (Å²) in [6.07, 6.45) is 5.56. The first kappa shape index (κ1) is 23.7. The van der Waals surface area contributed by atoms with E-state index in [0.29, 0.717) is 18.1 Å². The molecular formula is C24H27N5O4S. The van der Waals surface area contributed by atoms with Crippen molar-refractivity contribution in [1.29, 1.82) is 0 Å². The molecule has 178 valence electrons. The molecule has 0 saturated heterocycles. The highest BCUT2D eigenvalue weighted by atomic mass is 32.2. The molecule has 0 spiro atoms. The number of carbonyl (C=O) groups is 1. The van der Waals surface area contributed by atoms with Gasteiger partial charge in [0.1, 0.15) is 4.90 Å². The van der Waals surface area contributed by atoms with Crippen LogP contribution in [0.15, 0.2) is 53.7 Å². The summed E-state index contributed by atoms with van der Waals surface area (Å²) in [7, 11) is 1.24. The van der Waals surface area contributed by atoms with Crippen LogP contribution in [0.25, 0.3) is 11.1 Å². The van der Waals surface area contributed by atoms with Crippen molar-refractivity contribution in [1.82, 2.24) is 19.6 Å². The first-order valence-electron chi connectivity index (χ1n) is 10.9. The molecule has 3 aromatic rings. The number of aromatic nitrogens is 2. The monoisotopic (exact) mass is 481 g/mol. The minimum Gasteiger partial charge on any atom is -0.481 e. The van der Waals surface area contributed by atoms with Crippen LogP contribution in [0.1, 0.15) is 23.2 Å². The molecule has 2 aromatic heterocycles. The Morgan fingerprint density at radius 1 is 1.12 bits per heavy atom. The molecule has 9 nitrogen and oxygen atoms in total. The van der Waals surface area contributed by atoms with Gasteiger partial charge in [-0.1, -0.05) is 12.1 Å². The van der Waals surface area contributed by atoms with Gasteiger partial charge in [-0.2, -0.15) is 0 Å². The van der Waals surface area contributed by atoms with Gasteiger partial charge in [0.25, 0.3) is 10.0 Å². The lowest BCUT2D eigenvalue weighted by Gasteiger charge is -2.17. The smallest absolute Gasteiger partial charge is 0.333 e. The molecule has 0 atom stereocenters. The van der Waals surface area contributed by atoms with Gasteiger partial charge in [0.15, 0.2) is 0 Å². The molecular weight excluding hydrogens is 454 g/mol. The number of rotatable bonds is 7. The van der Waals surface area contributed by atoms with Crippen LogP contribution in [0.4, 0.5) is 10.5 Å². The molecule has 1 aromatic carbocycles. The molecule has 10 heteroatoms. The normalized spacial score (nSPS) is 12.9. The highest BCUT2D eigenvalue weighted by Crippen LogP contribution is 2.38. The topological polar surface area (TPSA) is 114 Å². The van der Waals surface area contributed by atoms with Crippen molar-refractivity contribution in [3.05, 3.63) is 65.6 Å². The minimum absolute atomic E-state index is 0.0810. The fourth-order valence-electron chi connectivity index (χ4n) is 4.05. The van der Waals surface area contributed by atoms with E-state index < -0.39 is 16.1 Å².